The minimum Gasteiger partial charge on any atom is -0.307 e. The predicted octanol–water partition coefficient (Wildman–Crippen LogP) is 1.04. The van der Waals surface area contributed by atoms with Crippen molar-refractivity contribution in [3.05, 3.63) is 23.8 Å². The molecule has 0 radical (unpaired) electrons. The van der Waals surface area contributed by atoms with Gasteiger partial charge in [-0.05, 0) is 25.8 Å². The number of aromatic nitrogens is 2. The average Bonchev–Trinajstić information content (AvgIpc) is 2.84. The highest BCUT2D eigenvalue weighted by Crippen LogP contribution is 2.18. The molecular formula is C9H13N3. The van der Waals surface area contributed by atoms with E-state index < -0.39 is 0 Å². The summed E-state index contributed by atoms with van der Waals surface area (Å²) in [5.41, 5.74) is 1.04. The largest absolute Gasteiger partial charge is 0.307 e. The van der Waals surface area contributed by atoms with Gasteiger partial charge in [-0.15, -0.1) is 0 Å². The average molecular weight is 163 g/mol. The van der Waals surface area contributed by atoms with Crippen molar-refractivity contribution < 1.29 is 0 Å². The summed E-state index contributed by atoms with van der Waals surface area (Å²) in [5, 5.41) is 3.38. The Hall–Kier alpha value is -0.960. The molecule has 0 atom stereocenters. The summed E-state index contributed by atoms with van der Waals surface area (Å²) < 4.78 is 0. The molecule has 1 heterocycles. The number of rotatable bonds is 3. The van der Waals surface area contributed by atoms with Gasteiger partial charge in [-0.3, -0.25) is 0 Å². The molecule has 64 valence electrons. The van der Waals surface area contributed by atoms with E-state index in [1.54, 1.807) is 0 Å². The van der Waals surface area contributed by atoms with Gasteiger partial charge in [0.25, 0.3) is 0 Å². The lowest BCUT2D eigenvalue weighted by Crippen LogP contribution is -2.17. The highest BCUT2D eigenvalue weighted by Gasteiger charge is 2.20. The predicted molar refractivity (Wildman–Crippen MR) is 46.6 cm³/mol. The minimum absolute atomic E-state index is 0.731. The molecule has 0 aromatic carbocycles. The van der Waals surface area contributed by atoms with Crippen molar-refractivity contribution >= 4 is 0 Å². The summed E-state index contributed by atoms with van der Waals surface area (Å²) in [6.07, 6.45) is 4.43. The molecule has 1 aromatic heterocycles. The van der Waals surface area contributed by atoms with E-state index in [1.165, 1.54) is 12.8 Å². The molecule has 1 aliphatic carbocycles. The molecule has 1 aliphatic rings. The van der Waals surface area contributed by atoms with E-state index in [9.17, 15) is 0 Å². The van der Waals surface area contributed by atoms with Crippen LogP contribution in [0.3, 0.4) is 0 Å². The number of hydrogen-bond acceptors (Lipinski definition) is 3. The zero-order valence-corrected chi connectivity index (χ0v) is 7.25. The molecule has 1 N–H and O–H groups in total. The van der Waals surface area contributed by atoms with Crippen LogP contribution in [-0.4, -0.2) is 16.0 Å². The van der Waals surface area contributed by atoms with Gasteiger partial charge in [-0.2, -0.15) is 0 Å². The molecule has 0 saturated heterocycles. The molecule has 1 saturated carbocycles. The fourth-order valence-corrected chi connectivity index (χ4v) is 1.11. The van der Waals surface area contributed by atoms with Gasteiger partial charge >= 0.3 is 0 Å². The molecule has 3 heteroatoms. The second-order valence-corrected chi connectivity index (χ2v) is 3.27. The van der Waals surface area contributed by atoms with E-state index in [0.717, 1.165) is 24.1 Å². The third kappa shape index (κ3) is 2.01. The third-order valence-corrected chi connectivity index (χ3v) is 1.97. The van der Waals surface area contributed by atoms with Crippen LogP contribution in [-0.2, 0) is 6.54 Å². The van der Waals surface area contributed by atoms with Gasteiger partial charge in [0, 0.05) is 17.9 Å². The van der Waals surface area contributed by atoms with Crippen LogP contribution >= 0.6 is 0 Å². The molecule has 12 heavy (non-hydrogen) atoms. The molecular weight excluding hydrogens is 150 g/mol. The van der Waals surface area contributed by atoms with E-state index in [-0.39, 0.29) is 0 Å². The number of hydrogen-bond donors (Lipinski definition) is 1. The van der Waals surface area contributed by atoms with Gasteiger partial charge in [-0.1, -0.05) is 0 Å². The molecule has 0 amide bonds. The lowest BCUT2D eigenvalue weighted by molar-refractivity contribution is 0.655. The second-order valence-electron chi connectivity index (χ2n) is 3.27. The molecule has 0 unspecified atom stereocenters. The zero-order valence-electron chi connectivity index (χ0n) is 7.25. The summed E-state index contributed by atoms with van der Waals surface area (Å²) in [5.74, 6) is 0.905. The van der Waals surface area contributed by atoms with E-state index in [4.69, 9.17) is 0 Å². The van der Waals surface area contributed by atoms with Crippen molar-refractivity contribution in [1.29, 1.82) is 0 Å². The Labute approximate surface area is 72.2 Å². The molecule has 2 rings (SSSR count). The first kappa shape index (κ1) is 7.68. The van der Waals surface area contributed by atoms with Gasteiger partial charge in [-0.25, -0.2) is 9.97 Å². The Kier molecular flexibility index (Phi) is 2.04. The topological polar surface area (TPSA) is 37.8 Å². The van der Waals surface area contributed by atoms with Crippen molar-refractivity contribution in [3.63, 3.8) is 0 Å². The number of nitrogens with one attached hydrogen (secondary N) is 1. The van der Waals surface area contributed by atoms with E-state index in [2.05, 4.69) is 15.3 Å². The van der Waals surface area contributed by atoms with Gasteiger partial charge in [0.05, 0.1) is 6.54 Å². The fraction of sp³-hybridized carbons (Fsp3) is 0.556. The Morgan fingerprint density at radius 3 is 3.08 bits per heavy atom. The first-order chi connectivity index (χ1) is 5.84. The van der Waals surface area contributed by atoms with Crippen LogP contribution in [0.25, 0.3) is 0 Å². The summed E-state index contributed by atoms with van der Waals surface area (Å²) in [7, 11) is 0. The Morgan fingerprint density at radius 1 is 1.58 bits per heavy atom. The standard InChI is InChI=1S/C9H13N3/c1-7-4-5-10-9(12-7)6-11-8-2-3-8/h4-5,8,11H,2-3,6H2,1H3. The zero-order chi connectivity index (χ0) is 8.39. The number of aryl methyl sites for hydroxylation is 1. The summed E-state index contributed by atoms with van der Waals surface area (Å²) in [4.78, 5) is 8.46. The molecule has 1 aromatic rings. The maximum absolute atomic E-state index is 4.30. The summed E-state index contributed by atoms with van der Waals surface area (Å²) >= 11 is 0. The lowest BCUT2D eigenvalue weighted by Gasteiger charge is -2.01. The quantitative estimate of drug-likeness (QED) is 0.723. The Morgan fingerprint density at radius 2 is 2.42 bits per heavy atom. The van der Waals surface area contributed by atoms with Gasteiger partial charge < -0.3 is 5.32 Å². The van der Waals surface area contributed by atoms with E-state index in [1.807, 2.05) is 19.2 Å². The van der Waals surface area contributed by atoms with Crippen LogP contribution in [0.1, 0.15) is 24.4 Å². The first-order valence-electron chi connectivity index (χ1n) is 4.36. The van der Waals surface area contributed by atoms with Crippen molar-refractivity contribution in [2.24, 2.45) is 0 Å². The highest BCUT2D eigenvalue weighted by atomic mass is 15.0. The molecule has 0 spiro atoms. The van der Waals surface area contributed by atoms with Crippen LogP contribution in [0.4, 0.5) is 0 Å². The summed E-state index contributed by atoms with van der Waals surface area (Å²) in [6.45, 7) is 2.80. The molecule has 0 bridgehead atoms. The van der Waals surface area contributed by atoms with Crippen LogP contribution in [0, 0.1) is 6.92 Å². The second kappa shape index (κ2) is 3.19. The minimum atomic E-state index is 0.731. The van der Waals surface area contributed by atoms with Crippen LogP contribution in [0.15, 0.2) is 12.3 Å². The highest BCUT2D eigenvalue weighted by molar-refractivity contribution is 4.99. The SMILES string of the molecule is Cc1ccnc(CNC2CC2)n1. The smallest absolute Gasteiger partial charge is 0.142 e. The molecule has 0 aliphatic heterocycles. The Bertz CT molecular complexity index is 268. The van der Waals surface area contributed by atoms with E-state index in [0.29, 0.717) is 0 Å². The van der Waals surface area contributed by atoms with Crippen molar-refractivity contribution in [2.75, 3.05) is 0 Å². The first-order valence-corrected chi connectivity index (χ1v) is 4.36. The number of nitrogens with zero attached hydrogens (tertiary/aromatic N) is 2. The lowest BCUT2D eigenvalue weighted by atomic mass is 10.4. The third-order valence-electron chi connectivity index (χ3n) is 1.97. The van der Waals surface area contributed by atoms with Crippen molar-refractivity contribution in [3.8, 4) is 0 Å². The monoisotopic (exact) mass is 163 g/mol. The molecule has 1 fully saturated rings. The van der Waals surface area contributed by atoms with E-state index >= 15 is 0 Å². The molecule has 3 nitrogen and oxygen atoms in total. The Balaban J connectivity index is 1.92. The summed E-state index contributed by atoms with van der Waals surface area (Å²) in [6, 6.07) is 2.65. The van der Waals surface area contributed by atoms with Crippen molar-refractivity contribution in [2.45, 2.75) is 32.4 Å². The van der Waals surface area contributed by atoms with Crippen LogP contribution in [0.5, 0.6) is 0 Å². The van der Waals surface area contributed by atoms with Gasteiger partial charge in [0.15, 0.2) is 0 Å². The fourth-order valence-electron chi connectivity index (χ4n) is 1.11. The van der Waals surface area contributed by atoms with Crippen molar-refractivity contribution in [1.82, 2.24) is 15.3 Å². The maximum atomic E-state index is 4.30. The van der Waals surface area contributed by atoms with Gasteiger partial charge in [0.1, 0.15) is 5.82 Å². The van der Waals surface area contributed by atoms with Crippen LogP contribution in [0.2, 0.25) is 0 Å². The normalized spacial score (nSPS) is 16.4. The van der Waals surface area contributed by atoms with Gasteiger partial charge in [0.2, 0.25) is 0 Å². The maximum Gasteiger partial charge on any atom is 0.142 e. The van der Waals surface area contributed by atoms with Crippen LogP contribution < -0.4 is 5.32 Å².